The molecule has 150 valence electrons. The maximum atomic E-state index is 12.4. The quantitative estimate of drug-likeness (QED) is 0.803. The summed E-state index contributed by atoms with van der Waals surface area (Å²) < 4.78 is 0. The largest absolute Gasteiger partial charge is 0.352 e. The van der Waals surface area contributed by atoms with Crippen molar-refractivity contribution in [1.82, 2.24) is 10.2 Å². The fourth-order valence-electron chi connectivity index (χ4n) is 4.14. The van der Waals surface area contributed by atoms with Crippen molar-refractivity contribution >= 4 is 17.5 Å². The van der Waals surface area contributed by atoms with E-state index in [1.165, 1.54) is 18.4 Å². The zero-order valence-electron chi connectivity index (χ0n) is 17.7. The number of amides is 2. The molecule has 5 nitrogen and oxygen atoms in total. The van der Waals surface area contributed by atoms with Crippen LogP contribution < -0.4 is 10.6 Å². The van der Waals surface area contributed by atoms with E-state index in [0.29, 0.717) is 11.8 Å². The standard InChI is InChI=1S/C22H35N3O2/c1-14-10-16(3)22(17(4)11-14)24-21(27)13-25(6)12-20(26)23-19-9-7-8-15(2)18(19)5/h10-11,15,18-19H,7-9,12-13H2,1-6H3,(H,23,26)(H,24,27)/t15-,18-,19-/m0/s1. The Morgan fingerprint density at radius 2 is 1.63 bits per heavy atom. The van der Waals surface area contributed by atoms with Gasteiger partial charge >= 0.3 is 0 Å². The third-order valence-electron chi connectivity index (χ3n) is 5.82. The van der Waals surface area contributed by atoms with Gasteiger partial charge in [-0.1, -0.05) is 44.4 Å². The first-order chi connectivity index (χ1) is 12.7. The molecule has 2 amide bonds. The first-order valence-electron chi connectivity index (χ1n) is 10.0. The van der Waals surface area contributed by atoms with Crippen LogP contribution in [-0.4, -0.2) is 42.9 Å². The van der Waals surface area contributed by atoms with Gasteiger partial charge < -0.3 is 10.6 Å². The van der Waals surface area contributed by atoms with Crippen molar-refractivity contribution in [1.29, 1.82) is 0 Å². The molecule has 1 aromatic carbocycles. The summed E-state index contributed by atoms with van der Waals surface area (Å²) in [4.78, 5) is 26.5. The normalized spacial score (nSPS) is 22.6. The van der Waals surface area contributed by atoms with Crippen molar-refractivity contribution in [2.24, 2.45) is 11.8 Å². The summed E-state index contributed by atoms with van der Waals surface area (Å²) in [7, 11) is 1.81. The van der Waals surface area contributed by atoms with Gasteiger partial charge in [0, 0.05) is 11.7 Å². The maximum Gasteiger partial charge on any atom is 0.238 e. The number of nitrogens with zero attached hydrogens (tertiary/aromatic N) is 1. The molecular weight excluding hydrogens is 338 g/mol. The number of hydrogen-bond acceptors (Lipinski definition) is 3. The molecule has 1 aliphatic carbocycles. The molecule has 0 aliphatic heterocycles. The highest BCUT2D eigenvalue weighted by atomic mass is 16.2. The predicted molar refractivity (Wildman–Crippen MR) is 111 cm³/mol. The molecule has 0 bridgehead atoms. The summed E-state index contributed by atoms with van der Waals surface area (Å²) >= 11 is 0. The van der Waals surface area contributed by atoms with E-state index in [1.807, 2.05) is 20.8 Å². The molecule has 1 aliphatic rings. The van der Waals surface area contributed by atoms with Gasteiger partial charge in [0.1, 0.15) is 0 Å². The number of carbonyl (C=O) groups excluding carboxylic acids is 2. The van der Waals surface area contributed by atoms with Gasteiger partial charge in [0.15, 0.2) is 0 Å². The lowest BCUT2D eigenvalue weighted by molar-refractivity contribution is -0.124. The Labute approximate surface area is 163 Å². The molecule has 2 N–H and O–H groups in total. The van der Waals surface area contributed by atoms with Crippen LogP contribution in [0.15, 0.2) is 12.1 Å². The van der Waals surface area contributed by atoms with E-state index in [4.69, 9.17) is 0 Å². The van der Waals surface area contributed by atoms with Crippen molar-refractivity contribution in [2.75, 3.05) is 25.5 Å². The van der Waals surface area contributed by atoms with Crippen LogP contribution in [0.25, 0.3) is 0 Å². The number of nitrogens with one attached hydrogen (secondary N) is 2. The molecule has 0 aromatic heterocycles. The summed E-state index contributed by atoms with van der Waals surface area (Å²) in [6.07, 6.45) is 3.46. The first-order valence-corrected chi connectivity index (χ1v) is 10.0. The van der Waals surface area contributed by atoms with Crippen molar-refractivity contribution in [2.45, 2.75) is 59.9 Å². The van der Waals surface area contributed by atoms with Crippen LogP contribution >= 0.6 is 0 Å². The van der Waals surface area contributed by atoms with Gasteiger partial charge in [-0.25, -0.2) is 0 Å². The second-order valence-electron chi connectivity index (χ2n) is 8.44. The molecule has 0 radical (unpaired) electrons. The maximum absolute atomic E-state index is 12.4. The topological polar surface area (TPSA) is 61.4 Å². The van der Waals surface area contributed by atoms with Gasteiger partial charge in [-0.3, -0.25) is 14.5 Å². The Bertz CT molecular complexity index is 663. The second-order valence-corrected chi connectivity index (χ2v) is 8.44. The number of likely N-dealkylation sites (N-methyl/N-ethyl adjacent to an activating group) is 1. The second kappa shape index (κ2) is 9.36. The van der Waals surface area contributed by atoms with Crippen LogP contribution in [-0.2, 0) is 9.59 Å². The lowest BCUT2D eigenvalue weighted by atomic mass is 9.78. The molecule has 0 spiro atoms. The zero-order chi connectivity index (χ0) is 20.1. The van der Waals surface area contributed by atoms with E-state index < -0.39 is 0 Å². The summed E-state index contributed by atoms with van der Waals surface area (Å²) in [6.45, 7) is 10.9. The van der Waals surface area contributed by atoms with Crippen molar-refractivity contribution < 1.29 is 9.59 Å². The molecule has 0 unspecified atom stereocenters. The van der Waals surface area contributed by atoms with Gasteiger partial charge in [-0.2, -0.15) is 0 Å². The number of aryl methyl sites for hydroxylation is 3. The van der Waals surface area contributed by atoms with Crippen molar-refractivity contribution in [3.05, 3.63) is 28.8 Å². The molecule has 2 rings (SSSR count). The van der Waals surface area contributed by atoms with Crippen LogP contribution in [0.1, 0.15) is 49.8 Å². The Kier molecular flexibility index (Phi) is 7.42. The van der Waals surface area contributed by atoms with Gasteiger partial charge in [-0.15, -0.1) is 0 Å². The average Bonchev–Trinajstić information content (AvgIpc) is 2.55. The highest BCUT2D eigenvalue weighted by Gasteiger charge is 2.28. The number of anilines is 1. The van der Waals surface area contributed by atoms with Crippen LogP contribution in [0.3, 0.4) is 0 Å². The SMILES string of the molecule is Cc1cc(C)c(NC(=O)CN(C)CC(=O)N[C@H]2CCC[C@H](C)[C@@H]2C)c(C)c1. The van der Waals surface area contributed by atoms with Crippen LogP contribution in [0.5, 0.6) is 0 Å². The van der Waals surface area contributed by atoms with E-state index in [9.17, 15) is 9.59 Å². The molecule has 3 atom stereocenters. The van der Waals surface area contributed by atoms with Crippen molar-refractivity contribution in [3.63, 3.8) is 0 Å². The Morgan fingerprint density at radius 3 is 2.26 bits per heavy atom. The summed E-state index contributed by atoms with van der Waals surface area (Å²) in [5.41, 5.74) is 4.17. The third-order valence-corrected chi connectivity index (χ3v) is 5.82. The van der Waals surface area contributed by atoms with Gasteiger partial charge in [0.25, 0.3) is 0 Å². The monoisotopic (exact) mass is 373 g/mol. The lowest BCUT2D eigenvalue weighted by Crippen LogP contribution is -2.47. The number of rotatable bonds is 6. The number of hydrogen-bond donors (Lipinski definition) is 2. The Hall–Kier alpha value is -1.88. The highest BCUT2D eigenvalue weighted by Crippen LogP contribution is 2.29. The van der Waals surface area contributed by atoms with E-state index in [2.05, 4.69) is 36.6 Å². The van der Waals surface area contributed by atoms with E-state index in [1.54, 1.807) is 11.9 Å². The van der Waals surface area contributed by atoms with Crippen LogP contribution in [0.2, 0.25) is 0 Å². The molecule has 5 heteroatoms. The molecule has 1 fully saturated rings. The van der Waals surface area contributed by atoms with Crippen molar-refractivity contribution in [3.8, 4) is 0 Å². The third kappa shape index (κ3) is 6.06. The molecule has 0 saturated heterocycles. The van der Waals surface area contributed by atoms with Gasteiger partial charge in [0.05, 0.1) is 13.1 Å². The molecule has 1 aromatic rings. The minimum absolute atomic E-state index is 0.000975. The summed E-state index contributed by atoms with van der Waals surface area (Å²) in [5, 5.41) is 6.16. The van der Waals surface area contributed by atoms with Gasteiger partial charge in [0.2, 0.25) is 11.8 Å². The average molecular weight is 374 g/mol. The molecule has 27 heavy (non-hydrogen) atoms. The Morgan fingerprint density at radius 1 is 1.04 bits per heavy atom. The predicted octanol–water partition coefficient (Wildman–Crippen LogP) is 3.42. The summed E-state index contributed by atoms with van der Waals surface area (Å²) in [5.74, 6) is 1.05. The lowest BCUT2D eigenvalue weighted by Gasteiger charge is -2.34. The minimum atomic E-state index is -0.0972. The van der Waals surface area contributed by atoms with E-state index >= 15 is 0 Å². The van der Waals surface area contributed by atoms with Crippen LogP contribution in [0, 0.1) is 32.6 Å². The van der Waals surface area contributed by atoms with Crippen LogP contribution in [0.4, 0.5) is 5.69 Å². The molecular formula is C22H35N3O2. The minimum Gasteiger partial charge on any atom is -0.352 e. The van der Waals surface area contributed by atoms with Gasteiger partial charge in [-0.05, 0) is 57.2 Å². The zero-order valence-corrected chi connectivity index (χ0v) is 17.7. The molecule has 1 saturated carbocycles. The van der Waals surface area contributed by atoms with E-state index in [0.717, 1.165) is 23.2 Å². The van der Waals surface area contributed by atoms with E-state index in [-0.39, 0.29) is 30.9 Å². The highest BCUT2D eigenvalue weighted by molar-refractivity contribution is 5.94. The summed E-state index contributed by atoms with van der Waals surface area (Å²) in [6, 6.07) is 4.37. The fourth-order valence-corrected chi connectivity index (χ4v) is 4.14. The fraction of sp³-hybridized carbons (Fsp3) is 0.636. The smallest absolute Gasteiger partial charge is 0.238 e. The molecule has 0 heterocycles. The Balaban J connectivity index is 1.83. The number of benzene rings is 1. The number of carbonyl (C=O) groups is 2. The first kappa shape index (κ1) is 21.4.